The van der Waals surface area contributed by atoms with Crippen LogP contribution in [-0.2, 0) is 10.8 Å². The fourth-order valence-electron chi connectivity index (χ4n) is 2.93. The molecular formula is C16H26N2O2S2. The van der Waals surface area contributed by atoms with Crippen molar-refractivity contribution in [3.8, 4) is 0 Å². The van der Waals surface area contributed by atoms with Crippen molar-refractivity contribution >= 4 is 28.2 Å². The minimum atomic E-state index is -0.838. The predicted molar refractivity (Wildman–Crippen MR) is 94.0 cm³/mol. The highest BCUT2D eigenvalue weighted by atomic mass is 32.2. The molecule has 0 aliphatic heterocycles. The van der Waals surface area contributed by atoms with Crippen LogP contribution >= 0.6 is 11.3 Å². The molecule has 22 heavy (non-hydrogen) atoms. The van der Waals surface area contributed by atoms with Gasteiger partial charge in [-0.3, -0.25) is 4.21 Å². The van der Waals surface area contributed by atoms with Crippen LogP contribution in [0.1, 0.15) is 51.0 Å². The van der Waals surface area contributed by atoms with Crippen LogP contribution in [0, 0.1) is 0 Å². The molecule has 1 aliphatic carbocycles. The summed E-state index contributed by atoms with van der Waals surface area (Å²) in [4.78, 5) is 12.1. The molecule has 0 radical (unpaired) electrons. The molecule has 124 valence electrons. The molecule has 1 aromatic rings. The van der Waals surface area contributed by atoms with Gasteiger partial charge in [-0.1, -0.05) is 26.7 Å². The summed E-state index contributed by atoms with van der Waals surface area (Å²) < 4.78 is 12.1. The third kappa shape index (κ3) is 4.81. The van der Waals surface area contributed by atoms with Gasteiger partial charge in [0.2, 0.25) is 0 Å². The lowest BCUT2D eigenvalue weighted by atomic mass is 9.95. The van der Waals surface area contributed by atoms with Crippen LogP contribution in [0.15, 0.2) is 16.8 Å². The van der Waals surface area contributed by atoms with Crippen LogP contribution in [0.5, 0.6) is 0 Å². The molecule has 1 saturated carbocycles. The highest BCUT2D eigenvalue weighted by Gasteiger charge is 2.30. The van der Waals surface area contributed by atoms with Crippen LogP contribution in [-0.4, -0.2) is 33.8 Å². The fourth-order valence-corrected chi connectivity index (χ4v) is 5.14. The zero-order valence-corrected chi connectivity index (χ0v) is 15.0. The van der Waals surface area contributed by atoms with E-state index in [0.29, 0.717) is 18.2 Å². The van der Waals surface area contributed by atoms with E-state index in [4.69, 9.17) is 0 Å². The summed E-state index contributed by atoms with van der Waals surface area (Å²) >= 11 is 1.67. The van der Waals surface area contributed by atoms with E-state index in [-0.39, 0.29) is 17.3 Å². The van der Waals surface area contributed by atoms with Gasteiger partial charge in [0, 0.05) is 29.1 Å². The van der Waals surface area contributed by atoms with Gasteiger partial charge in [0.1, 0.15) is 0 Å². The number of carbonyl (C=O) groups is 1. The first-order chi connectivity index (χ1) is 10.6. The van der Waals surface area contributed by atoms with E-state index in [0.717, 1.165) is 25.7 Å². The molecular weight excluding hydrogens is 316 g/mol. The minimum absolute atomic E-state index is 0.0472. The van der Waals surface area contributed by atoms with Crippen LogP contribution in [0.25, 0.3) is 0 Å². The second-order valence-corrected chi connectivity index (χ2v) is 8.64. The minimum Gasteiger partial charge on any atom is -0.338 e. The molecule has 1 aromatic heterocycles. The molecule has 2 rings (SSSR count). The van der Waals surface area contributed by atoms with Gasteiger partial charge in [0.25, 0.3) is 0 Å². The van der Waals surface area contributed by atoms with Gasteiger partial charge in [-0.05, 0) is 41.1 Å². The lowest BCUT2D eigenvalue weighted by Gasteiger charge is -2.31. The molecule has 0 aromatic carbocycles. The number of hydrogen-bond acceptors (Lipinski definition) is 3. The molecule has 1 heterocycles. The Kier molecular flexibility index (Phi) is 6.89. The largest absolute Gasteiger partial charge is 0.338 e. The quantitative estimate of drug-likeness (QED) is 0.834. The Balaban J connectivity index is 1.81. The second kappa shape index (κ2) is 8.67. The van der Waals surface area contributed by atoms with Crippen molar-refractivity contribution in [2.24, 2.45) is 0 Å². The van der Waals surface area contributed by atoms with Gasteiger partial charge in [-0.15, -0.1) is 0 Å². The van der Waals surface area contributed by atoms with Crippen LogP contribution < -0.4 is 10.6 Å². The number of amides is 2. The standard InChI is InChI=1S/C16H26N2O2S2/c1-3-22(20)15-7-5-4-6-14(15)18-16(19)17-10-12(2)13-8-9-21-11-13/h8-9,11-12,14-15H,3-7,10H2,1-2H3,(H2,17,18,19)/t12-,14-,15+,22+/m0/s1. The summed E-state index contributed by atoms with van der Waals surface area (Å²) in [6, 6.07) is 2.01. The predicted octanol–water partition coefficient (Wildman–Crippen LogP) is 3.23. The summed E-state index contributed by atoms with van der Waals surface area (Å²) in [7, 11) is -0.838. The topological polar surface area (TPSA) is 58.2 Å². The van der Waals surface area contributed by atoms with E-state index in [2.05, 4.69) is 34.4 Å². The smallest absolute Gasteiger partial charge is 0.315 e. The summed E-state index contributed by atoms with van der Waals surface area (Å²) in [5, 5.41) is 10.3. The average molecular weight is 343 g/mol. The maximum Gasteiger partial charge on any atom is 0.315 e. The van der Waals surface area contributed by atoms with Crippen molar-refractivity contribution < 1.29 is 9.00 Å². The lowest BCUT2D eigenvalue weighted by molar-refractivity contribution is 0.232. The molecule has 0 unspecified atom stereocenters. The van der Waals surface area contributed by atoms with Crippen LogP contribution in [0.4, 0.5) is 4.79 Å². The van der Waals surface area contributed by atoms with Crippen molar-refractivity contribution in [1.29, 1.82) is 0 Å². The molecule has 0 spiro atoms. The van der Waals surface area contributed by atoms with Gasteiger partial charge >= 0.3 is 6.03 Å². The zero-order chi connectivity index (χ0) is 15.9. The molecule has 1 fully saturated rings. The molecule has 2 N–H and O–H groups in total. The monoisotopic (exact) mass is 342 g/mol. The molecule has 4 atom stereocenters. The first-order valence-corrected chi connectivity index (χ1v) is 10.4. The maximum absolute atomic E-state index is 12.1. The highest BCUT2D eigenvalue weighted by Crippen LogP contribution is 2.23. The number of urea groups is 1. The highest BCUT2D eigenvalue weighted by molar-refractivity contribution is 7.85. The Bertz CT molecular complexity index is 490. The number of hydrogen-bond donors (Lipinski definition) is 2. The molecule has 0 bridgehead atoms. The fraction of sp³-hybridized carbons (Fsp3) is 0.688. The van der Waals surface area contributed by atoms with Gasteiger partial charge in [-0.2, -0.15) is 11.3 Å². The number of rotatable bonds is 6. The normalized spacial score (nSPS) is 24.5. The number of nitrogens with one attached hydrogen (secondary N) is 2. The van der Waals surface area contributed by atoms with E-state index >= 15 is 0 Å². The van der Waals surface area contributed by atoms with Crippen molar-refractivity contribution in [3.05, 3.63) is 22.4 Å². The van der Waals surface area contributed by atoms with Crippen molar-refractivity contribution in [2.45, 2.75) is 56.7 Å². The third-order valence-corrected chi connectivity index (χ3v) is 6.83. The van der Waals surface area contributed by atoms with Gasteiger partial charge in [-0.25, -0.2) is 4.79 Å². The second-order valence-electron chi connectivity index (χ2n) is 5.91. The Hall–Kier alpha value is -0.880. The Morgan fingerprint density at radius 3 is 2.91 bits per heavy atom. The van der Waals surface area contributed by atoms with Gasteiger partial charge in [0.15, 0.2) is 0 Å². The molecule has 6 heteroatoms. The Labute approximate surface area is 139 Å². The van der Waals surface area contributed by atoms with E-state index < -0.39 is 10.8 Å². The van der Waals surface area contributed by atoms with E-state index in [1.165, 1.54) is 5.56 Å². The van der Waals surface area contributed by atoms with E-state index in [9.17, 15) is 9.00 Å². The van der Waals surface area contributed by atoms with Gasteiger partial charge in [0.05, 0.1) is 5.25 Å². The lowest BCUT2D eigenvalue weighted by Crippen LogP contribution is -2.51. The van der Waals surface area contributed by atoms with Gasteiger partial charge < -0.3 is 10.6 Å². The summed E-state index contributed by atoms with van der Waals surface area (Å²) in [5.74, 6) is 0.976. The average Bonchev–Trinajstić information content (AvgIpc) is 3.07. The summed E-state index contributed by atoms with van der Waals surface area (Å²) in [6.07, 6.45) is 4.11. The Morgan fingerprint density at radius 2 is 2.23 bits per heavy atom. The third-order valence-electron chi connectivity index (χ3n) is 4.32. The maximum atomic E-state index is 12.1. The first kappa shape index (κ1) is 17.5. The van der Waals surface area contributed by atoms with E-state index in [1.54, 1.807) is 11.3 Å². The van der Waals surface area contributed by atoms with Crippen molar-refractivity contribution in [2.75, 3.05) is 12.3 Å². The van der Waals surface area contributed by atoms with Crippen LogP contribution in [0.3, 0.4) is 0 Å². The Morgan fingerprint density at radius 1 is 1.45 bits per heavy atom. The van der Waals surface area contributed by atoms with Crippen molar-refractivity contribution in [3.63, 3.8) is 0 Å². The zero-order valence-electron chi connectivity index (χ0n) is 13.3. The molecule has 1 aliphatic rings. The summed E-state index contributed by atoms with van der Waals surface area (Å²) in [6.45, 7) is 4.68. The summed E-state index contributed by atoms with van der Waals surface area (Å²) in [5.41, 5.74) is 1.26. The number of thiophene rings is 1. The van der Waals surface area contributed by atoms with Crippen molar-refractivity contribution in [1.82, 2.24) is 10.6 Å². The van der Waals surface area contributed by atoms with Crippen LogP contribution in [0.2, 0.25) is 0 Å². The molecule has 0 saturated heterocycles. The number of carbonyl (C=O) groups excluding carboxylic acids is 1. The first-order valence-electron chi connectivity index (χ1n) is 8.05. The SMILES string of the molecule is CC[S@@](=O)[C@@H]1CCCC[C@@H]1NC(=O)NC[C@H](C)c1ccsc1. The molecule has 4 nitrogen and oxygen atoms in total. The molecule has 2 amide bonds. The van der Waals surface area contributed by atoms with E-state index in [1.807, 2.05) is 6.92 Å².